The number of thiazole rings is 6. The molecule has 436 valence electrons. The quantitative estimate of drug-likeness (QED) is 0.0556. The summed E-state index contributed by atoms with van der Waals surface area (Å²) < 4.78 is 15.8. The van der Waals surface area contributed by atoms with Crippen LogP contribution in [0.25, 0.3) is 43.4 Å². The Labute approximate surface area is 502 Å². The van der Waals surface area contributed by atoms with Crippen molar-refractivity contribution in [2.24, 2.45) is 11.7 Å². The lowest BCUT2D eigenvalue weighted by Crippen LogP contribution is -2.41. The molecule has 0 spiro atoms. The zero-order valence-electron chi connectivity index (χ0n) is 45.4. The second-order valence-corrected chi connectivity index (χ2v) is 24.5. The summed E-state index contributed by atoms with van der Waals surface area (Å²) in [6, 6.07) is 9.14. The standard InChI is InChI=1S/C53H52N14O11S6/c1-23(2)38-52-67-41(32(84-52)18-76-5)45(73)56-17-36(70)64-42(43(78-53(54)75)25-10-8-7-9-11-25)51-61-31(21-81-51)49-59-29(19-80-49)40-26(12-13-27(57-40)48-63-33(22-82-48)62-34(68)14-15-37(71)77-6)47-60-30(20-79-47)44(72)58-28(16-35(69)55-4)50-66-39(24(3)83-50)46(74)65-38/h7-13,19-23,28,38,42-43H,14-18H2,1-6H3,(H2,54,75)(H,55,69)(H,56,73)(H,58,72)(H,62,68)(H,64,70)(H,65,74)/t28-,38-,42-,43-/m0/s1. The lowest BCUT2D eigenvalue weighted by molar-refractivity contribution is -0.141. The highest BCUT2D eigenvalue weighted by Gasteiger charge is 2.35. The number of amides is 7. The van der Waals surface area contributed by atoms with Gasteiger partial charge in [-0.3, -0.25) is 33.6 Å². The molecule has 4 atom stereocenters. The first-order valence-electron chi connectivity index (χ1n) is 25.5. The van der Waals surface area contributed by atoms with Crippen LogP contribution in [-0.2, 0) is 40.0 Å². The van der Waals surface area contributed by atoms with Crippen LogP contribution < -0.4 is 37.6 Å². The number of pyridine rings is 1. The van der Waals surface area contributed by atoms with Gasteiger partial charge in [-0.1, -0.05) is 44.2 Å². The summed E-state index contributed by atoms with van der Waals surface area (Å²) in [5.74, 6) is -4.05. The van der Waals surface area contributed by atoms with E-state index in [9.17, 15) is 38.4 Å². The first-order chi connectivity index (χ1) is 40.4. The molecule has 8 aromatic rings. The van der Waals surface area contributed by atoms with Gasteiger partial charge in [-0.25, -0.2) is 39.7 Å². The van der Waals surface area contributed by atoms with Gasteiger partial charge in [-0.2, -0.15) is 0 Å². The number of anilines is 1. The van der Waals surface area contributed by atoms with Gasteiger partial charge in [-0.15, -0.1) is 68.0 Å². The Balaban J connectivity index is 1.14. The number of carbonyl (C=O) groups excluding carboxylic acids is 8. The van der Waals surface area contributed by atoms with Gasteiger partial charge in [-0.05, 0) is 30.5 Å². The number of aromatic nitrogens is 7. The summed E-state index contributed by atoms with van der Waals surface area (Å²) in [5, 5.41) is 25.6. The van der Waals surface area contributed by atoms with E-state index in [0.717, 1.165) is 45.3 Å². The first kappa shape index (κ1) is 60.3. The van der Waals surface area contributed by atoms with E-state index in [4.69, 9.17) is 35.1 Å². The molecule has 1 aliphatic heterocycles. The summed E-state index contributed by atoms with van der Waals surface area (Å²) in [5.41, 5.74) is 8.06. The number of nitrogens with zero attached hydrogens (tertiary/aromatic N) is 7. The summed E-state index contributed by atoms with van der Waals surface area (Å²) >= 11 is 6.99. The van der Waals surface area contributed by atoms with Gasteiger partial charge in [0, 0.05) is 52.5 Å². The van der Waals surface area contributed by atoms with Crippen molar-refractivity contribution < 1.29 is 52.6 Å². The van der Waals surface area contributed by atoms with E-state index in [2.05, 4.69) is 51.6 Å². The molecule has 0 saturated carbocycles. The van der Waals surface area contributed by atoms with Crippen LogP contribution >= 0.6 is 68.0 Å². The Kier molecular flexibility index (Phi) is 19.3. The predicted octanol–water partition coefficient (Wildman–Crippen LogP) is 7.31. The maximum absolute atomic E-state index is 14.3. The molecule has 7 aromatic heterocycles. The molecule has 8 N–H and O–H groups in total. The second-order valence-electron chi connectivity index (χ2n) is 18.7. The molecule has 1 aromatic carbocycles. The zero-order valence-corrected chi connectivity index (χ0v) is 50.3. The molecule has 1 aliphatic rings. The number of ether oxygens (including phenoxy) is 3. The molecule has 84 heavy (non-hydrogen) atoms. The molecule has 8 heterocycles. The third-order valence-corrected chi connectivity index (χ3v) is 18.2. The number of rotatable bonds is 13. The normalized spacial score (nSPS) is 16.1. The molecule has 7 amide bonds. The number of benzene rings is 1. The molecule has 0 fully saturated rings. The van der Waals surface area contributed by atoms with Gasteiger partial charge in [0.25, 0.3) is 17.7 Å². The number of esters is 1. The van der Waals surface area contributed by atoms with Crippen molar-refractivity contribution in [2.45, 2.75) is 70.9 Å². The fourth-order valence-corrected chi connectivity index (χ4v) is 13.9. The number of aryl methyl sites for hydroxylation is 1. The molecule has 0 saturated heterocycles. The van der Waals surface area contributed by atoms with E-state index in [1.54, 1.807) is 70.9 Å². The van der Waals surface area contributed by atoms with E-state index < -0.39 is 78.3 Å². The molecule has 10 bridgehead atoms. The Morgan fingerprint density at radius 1 is 0.679 bits per heavy atom. The van der Waals surface area contributed by atoms with Gasteiger partial charge in [0.2, 0.25) is 17.7 Å². The van der Waals surface area contributed by atoms with Gasteiger partial charge in [0.1, 0.15) is 76.1 Å². The number of nitrogens with two attached hydrogens (primary N) is 1. The molecule has 0 radical (unpaired) electrons. The summed E-state index contributed by atoms with van der Waals surface area (Å²) in [7, 11) is 4.15. The van der Waals surface area contributed by atoms with Crippen molar-refractivity contribution >= 4 is 121 Å². The van der Waals surface area contributed by atoms with Crippen LogP contribution in [0.15, 0.2) is 64.0 Å². The average Bonchev–Trinajstić information content (AvgIpc) is 3.85. The molecular formula is C53H52N14O11S6. The number of nitrogens with one attached hydrogen (secondary N) is 6. The zero-order chi connectivity index (χ0) is 59.8. The summed E-state index contributed by atoms with van der Waals surface area (Å²) in [6.07, 6.45) is -2.81. The molecule has 31 heteroatoms. The van der Waals surface area contributed by atoms with E-state index in [1.165, 1.54) is 43.9 Å². The SMILES string of the molecule is CNC(=O)C[C@@H]1NC(=O)c2csc(n2)-c2ccc(-c3nc(NC(=O)CCC(=O)OC)cs3)nc2-c2csc(n2)-c2csc(n2)[C@H]([C@@H](OC(N)=O)c2ccccc2)NC(=O)CNC(=O)c2nc(sc2COC)[C@H](C(C)C)NC(=O)c2nc1sc2C. The smallest absolute Gasteiger partial charge is 0.405 e. The highest BCUT2D eigenvalue weighted by molar-refractivity contribution is 7.15. The van der Waals surface area contributed by atoms with Crippen LogP contribution in [0.4, 0.5) is 10.6 Å². The molecule has 0 unspecified atom stereocenters. The summed E-state index contributed by atoms with van der Waals surface area (Å²) in [4.78, 5) is 141. The van der Waals surface area contributed by atoms with E-state index >= 15 is 0 Å². The lowest BCUT2D eigenvalue weighted by Gasteiger charge is -2.26. The van der Waals surface area contributed by atoms with Crippen LogP contribution in [0.2, 0.25) is 0 Å². The maximum atomic E-state index is 14.3. The number of hydrogen-bond acceptors (Lipinski definition) is 24. The third-order valence-electron chi connectivity index (χ3n) is 12.5. The van der Waals surface area contributed by atoms with Gasteiger partial charge >= 0.3 is 12.1 Å². The molecule has 9 rings (SSSR count). The third kappa shape index (κ3) is 14.2. The van der Waals surface area contributed by atoms with Crippen LogP contribution in [0.1, 0.15) is 119 Å². The highest BCUT2D eigenvalue weighted by atomic mass is 32.1. The second kappa shape index (κ2) is 26.9. The number of carbonyl (C=O) groups is 8. The fraction of sp³-hybridized carbons (Fsp3) is 0.302. The summed E-state index contributed by atoms with van der Waals surface area (Å²) in [6.45, 7) is 4.83. The topological polar surface area (TPSA) is 353 Å². The van der Waals surface area contributed by atoms with Crippen molar-refractivity contribution in [2.75, 3.05) is 33.1 Å². The van der Waals surface area contributed by atoms with Crippen molar-refractivity contribution in [1.29, 1.82) is 0 Å². The predicted molar refractivity (Wildman–Crippen MR) is 315 cm³/mol. The van der Waals surface area contributed by atoms with Crippen LogP contribution in [-0.4, -0.2) is 110 Å². The molecule has 0 aliphatic carbocycles. The fourth-order valence-electron chi connectivity index (χ4n) is 8.41. The van der Waals surface area contributed by atoms with E-state index in [-0.39, 0.29) is 64.7 Å². The number of fused-ring (bicyclic) bond motifs is 14. The Morgan fingerprint density at radius 3 is 2.13 bits per heavy atom. The minimum atomic E-state index is -1.21. The molecular weight excluding hydrogens is 1200 g/mol. The minimum Gasteiger partial charge on any atom is -0.469 e. The van der Waals surface area contributed by atoms with Gasteiger partial charge in [0.15, 0.2) is 6.10 Å². The highest BCUT2D eigenvalue weighted by Crippen LogP contribution is 2.41. The Morgan fingerprint density at radius 2 is 1.39 bits per heavy atom. The van der Waals surface area contributed by atoms with Crippen molar-refractivity contribution in [3.63, 3.8) is 0 Å². The maximum Gasteiger partial charge on any atom is 0.405 e. The van der Waals surface area contributed by atoms with Crippen molar-refractivity contribution in [3.05, 3.63) is 111 Å². The Hall–Kier alpha value is -8.33. The van der Waals surface area contributed by atoms with Crippen molar-refractivity contribution in [3.8, 4) is 43.4 Å². The van der Waals surface area contributed by atoms with Crippen LogP contribution in [0.5, 0.6) is 0 Å². The average molecular weight is 1250 g/mol. The van der Waals surface area contributed by atoms with Crippen LogP contribution in [0, 0.1) is 12.8 Å². The van der Waals surface area contributed by atoms with Gasteiger partial charge < -0.3 is 51.8 Å². The Bertz CT molecular complexity index is 3780. The number of hydrogen-bond donors (Lipinski definition) is 7. The van der Waals surface area contributed by atoms with E-state index in [1.807, 2.05) is 13.8 Å². The number of primary amides is 1. The van der Waals surface area contributed by atoms with Gasteiger partial charge in [0.05, 0.1) is 55.8 Å². The first-order valence-corrected chi connectivity index (χ1v) is 30.6. The van der Waals surface area contributed by atoms with E-state index in [0.29, 0.717) is 63.7 Å². The molecule has 25 nitrogen and oxygen atoms in total. The minimum absolute atomic E-state index is 0.00324. The monoisotopic (exact) mass is 1250 g/mol. The number of methoxy groups -OCH3 is 2. The van der Waals surface area contributed by atoms with Crippen LogP contribution in [0.3, 0.4) is 0 Å². The largest absolute Gasteiger partial charge is 0.469 e. The lowest BCUT2D eigenvalue weighted by atomic mass is 10.0. The van der Waals surface area contributed by atoms with Crippen molar-refractivity contribution in [1.82, 2.24) is 61.5 Å².